The molecule has 3 aromatic rings. The maximum atomic E-state index is 12.8. The van der Waals surface area contributed by atoms with Gasteiger partial charge >= 0.3 is 0 Å². The van der Waals surface area contributed by atoms with Gasteiger partial charge in [-0.15, -0.1) is 0 Å². The smallest absolute Gasteiger partial charge is 0.261 e. The highest BCUT2D eigenvalue weighted by Crippen LogP contribution is 2.26. The van der Waals surface area contributed by atoms with Crippen LogP contribution in [-0.4, -0.2) is 71.5 Å². The van der Waals surface area contributed by atoms with Gasteiger partial charge in [-0.1, -0.05) is 0 Å². The molecule has 0 saturated carbocycles. The molecule has 3 heterocycles. The molecular weight excluding hydrogens is 408 g/mol. The minimum absolute atomic E-state index is 0.0609. The number of fused-ring (bicyclic) bond motifs is 3. The van der Waals surface area contributed by atoms with Gasteiger partial charge in [0, 0.05) is 31.6 Å². The fourth-order valence-electron chi connectivity index (χ4n) is 4.50. The van der Waals surface area contributed by atoms with E-state index in [2.05, 4.69) is 27.7 Å². The summed E-state index contributed by atoms with van der Waals surface area (Å²) in [5, 5.41) is 12.1. The first-order valence-electron chi connectivity index (χ1n) is 11.2. The Balaban J connectivity index is 1.43. The molecule has 1 fully saturated rings. The summed E-state index contributed by atoms with van der Waals surface area (Å²) in [7, 11) is 5.49. The van der Waals surface area contributed by atoms with Crippen molar-refractivity contribution < 1.29 is 9.53 Å². The molecule has 4 rings (SSSR count). The third kappa shape index (κ3) is 4.49. The van der Waals surface area contributed by atoms with E-state index in [4.69, 9.17) is 4.74 Å². The normalized spacial score (nSPS) is 16.7. The fourth-order valence-corrected chi connectivity index (χ4v) is 4.50. The van der Waals surface area contributed by atoms with Gasteiger partial charge in [0.05, 0.1) is 29.7 Å². The summed E-state index contributed by atoms with van der Waals surface area (Å²) in [4.78, 5) is 27.7. The number of aryl methyl sites for hydroxylation is 1. The Morgan fingerprint density at radius 3 is 2.97 bits per heavy atom. The Morgan fingerprint density at radius 2 is 2.22 bits per heavy atom. The van der Waals surface area contributed by atoms with Crippen LogP contribution >= 0.6 is 0 Å². The molecule has 32 heavy (non-hydrogen) atoms. The van der Waals surface area contributed by atoms with E-state index >= 15 is 0 Å². The number of methoxy groups -OCH3 is 1. The number of carbonyl (C=O) groups is 1. The van der Waals surface area contributed by atoms with Gasteiger partial charge < -0.3 is 24.8 Å². The molecule has 1 unspecified atom stereocenters. The zero-order valence-electron chi connectivity index (χ0n) is 19.1. The SMILES string of the molecule is COc1ccc2c(c1)c1c(cnn1CC(=O)NCCCN(C)C1CCCNC1)c(=O)n2C. The number of carbonyl (C=O) groups excluding carboxylic acids is 1. The number of nitrogens with one attached hydrogen (secondary N) is 2. The van der Waals surface area contributed by atoms with Gasteiger partial charge in [0.1, 0.15) is 12.3 Å². The number of piperidine rings is 1. The molecule has 1 aromatic carbocycles. The van der Waals surface area contributed by atoms with Crippen LogP contribution in [0.2, 0.25) is 0 Å². The van der Waals surface area contributed by atoms with Crippen LogP contribution in [0, 0.1) is 0 Å². The van der Waals surface area contributed by atoms with Crippen molar-refractivity contribution in [2.45, 2.75) is 31.8 Å². The van der Waals surface area contributed by atoms with Crippen LogP contribution in [0.5, 0.6) is 5.75 Å². The number of pyridine rings is 1. The third-order valence-electron chi connectivity index (χ3n) is 6.39. The summed E-state index contributed by atoms with van der Waals surface area (Å²) in [5.74, 6) is 0.570. The summed E-state index contributed by atoms with van der Waals surface area (Å²) >= 11 is 0. The van der Waals surface area contributed by atoms with Crippen molar-refractivity contribution >= 4 is 27.7 Å². The summed E-state index contributed by atoms with van der Waals surface area (Å²) < 4.78 is 8.57. The fraction of sp³-hybridized carbons (Fsp3) is 0.522. The van der Waals surface area contributed by atoms with Crippen molar-refractivity contribution in [1.29, 1.82) is 0 Å². The number of likely N-dealkylation sites (N-methyl/N-ethyl adjacent to an activating group) is 1. The summed E-state index contributed by atoms with van der Waals surface area (Å²) in [5.41, 5.74) is 1.29. The summed E-state index contributed by atoms with van der Waals surface area (Å²) in [6, 6.07) is 6.12. The van der Waals surface area contributed by atoms with Crippen molar-refractivity contribution in [3.05, 3.63) is 34.7 Å². The van der Waals surface area contributed by atoms with Gasteiger partial charge in [-0.05, 0) is 57.6 Å². The zero-order chi connectivity index (χ0) is 22.7. The molecule has 1 aliphatic rings. The van der Waals surface area contributed by atoms with E-state index in [1.54, 1.807) is 23.4 Å². The predicted octanol–water partition coefficient (Wildman–Crippen LogP) is 1.09. The Labute approximate surface area is 187 Å². The lowest BCUT2D eigenvalue weighted by atomic mass is 10.1. The molecule has 1 atom stereocenters. The lowest BCUT2D eigenvalue weighted by Gasteiger charge is -2.31. The van der Waals surface area contributed by atoms with E-state index in [9.17, 15) is 9.59 Å². The lowest BCUT2D eigenvalue weighted by Crippen LogP contribution is -2.44. The number of ether oxygens (including phenoxy) is 1. The Morgan fingerprint density at radius 1 is 1.38 bits per heavy atom. The maximum Gasteiger partial charge on any atom is 0.261 e. The van der Waals surface area contributed by atoms with E-state index in [0.29, 0.717) is 29.2 Å². The second-order valence-corrected chi connectivity index (χ2v) is 8.50. The lowest BCUT2D eigenvalue weighted by molar-refractivity contribution is -0.121. The van der Waals surface area contributed by atoms with E-state index in [0.717, 1.165) is 37.0 Å². The van der Waals surface area contributed by atoms with Crippen LogP contribution in [0.1, 0.15) is 19.3 Å². The van der Waals surface area contributed by atoms with Crippen LogP contribution < -0.4 is 20.9 Å². The number of hydrogen-bond acceptors (Lipinski definition) is 6. The predicted molar refractivity (Wildman–Crippen MR) is 125 cm³/mol. The highest BCUT2D eigenvalue weighted by Gasteiger charge is 2.18. The number of amides is 1. The van der Waals surface area contributed by atoms with E-state index in [1.165, 1.54) is 19.0 Å². The topological polar surface area (TPSA) is 93.4 Å². The number of nitrogens with zero attached hydrogens (tertiary/aromatic N) is 4. The van der Waals surface area contributed by atoms with Gasteiger partial charge in [-0.3, -0.25) is 14.3 Å². The van der Waals surface area contributed by atoms with Gasteiger partial charge in [0.25, 0.3) is 5.56 Å². The van der Waals surface area contributed by atoms with Crippen LogP contribution in [0.3, 0.4) is 0 Å². The Bertz CT molecular complexity index is 1160. The van der Waals surface area contributed by atoms with E-state index in [1.807, 2.05) is 18.2 Å². The van der Waals surface area contributed by atoms with Crippen molar-refractivity contribution in [3.63, 3.8) is 0 Å². The molecule has 0 bridgehead atoms. The van der Waals surface area contributed by atoms with Gasteiger partial charge in [-0.2, -0.15) is 5.10 Å². The molecule has 0 radical (unpaired) electrons. The minimum atomic E-state index is -0.135. The Kier molecular flexibility index (Phi) is 6.76. The number of rotatable bonds is 8. The Hall–Kier alpha value is -2.91. The molecule has 172 valence electrons. The molecule has 9 heteroatoms. The molecule has 2 aromatic heterocycles. The van der Waals surface area contributed by atoms with Gasteiger partial charge in [-0.25, -0.2) is 0 Å². The number of benzene rings is 1. The van der Waals surface area contributed by atoms with Gasteiger partial charge in [0.2, 0.25) is 5.91 Å². The first-order chi connectivity index (χ1) is 15.5. The monoisotopic (exact) mass is 440 g/mol. The third-order valence-corrected chi connectivity index (χ3v) is 6.39. The van der Waals surface area contributed by atoms with Crippen LogP contribution in [0.15, 0.2) is 29.2 Å². The molecular formula is C23H32N6O3. The standard InChI is InChI=1S/C23H32N6O3/c1-27(16-6-4-9-24-13-16)11-5-10-25-21(30)15-29-22-18-12-17(32-3)7-8-20(18)28(2)23(31)19(22)14-26-29/h7-8,12,14,16,24H,4-6,9-11,13,15H2,1-3H3,(H,25,30). The van der Waals surface area contributed by atoms with Crippen LogP contribution in [-0.2, 0) is 18.4 Å². The second-order valence-electron chi connectivity index (χ2n) is 8.50. The quantitative estimate of drug-likeness (QED) is 0.510. The van der Waals surface area contributed by atoms with Crippen LogP contribution in [0.25, 0.3) is 21.8 Å². The first kappa shape index (κ1) is 22.3. The number of hydrogen-bond donors (Lipinski definition) is 2. The minimum Gasteiger partial charge on any atom is -0.497 e. The first-order valence-corrected chi connectivity index (χ1v) is 11.2. The molecule has 1 amide bonds. The molecule has 2 N–H and O–H groups in total. The molecule has 9 nitrogen and oxygen atoms in total. The van der Waals surface area contributed by atoms with E-state index in [-0.39, 0.29) is 18.0 Å². The van der Waals surface area contributed by atoms with E-state index < -0.39 is 0 Å². The van der Waals surface area contributed by atoms with Crippen molar-refractivity contribution in [2.75, 3.05) is 40.3 Å². The highest BCUT2D eigenvalue weighted by atomic mass is 16.5. The van der Waals surface area contributed by atoms with Crippen molar-refractivity contribution in [1.82, 2.24) is 29.9 Å². The summed E-state index contributed by atoms with van der Waals surface area (Å²) in [6.07, 6.45) is 4.87. The van der Waals surface area contributed by atoms with Gasteiger partial charge in [0.15, 0.2) is 0 Å². The molecule has 0 spiro atoms. The van der Waals surface area contributed by atoms with Crippen LogP contribution in [0.4, 0.5) is 0 Å². The van der Waals surface area contributed by atoms with Crippen molar-refractivity contribution in [2.24, 2.45) is 7.05 Å². The average Bonchev–Trinajstić information content (AvgIpc) is 3.24. The molecule has 1 saturated heterocycles. The highest BCUT2D eigenvalue weighted by molar-refractivity contribution is 6.04. The number of aromatic nitrogens is 3. The summed E-state index contributed by atoms with van der Waals surface area (Å²) in [6.45, 7) is 3.76. The molecule has 0 aliphatic carbocycles. The molecule has 1 aliphatic heterocycles. The van der Waals surface area contributed by atoms with Crippen molar-refractivity contribution in [3.8, 4) is 5.75 Å². The average molecular weight is 441 g/mol. The zero-order valence-corrected chi connectivity index (χ0v) is 19.1. The largest absolute Gasteiger partial charge is 0.497 e. The second kappa shape index (κ2) is 9.70. The maximum absolute atomic E-state index is 12.8.